The van der Waals surface area contributed by atoms with E-state index < -0.39 is 11.6 Å². The zero-order chi connectivity index (χ0) is 33.1. The van der Waals surface area contributed by atoms with E-state index in [1.165, 1.54) is 22.3 Å². The van der Waals surface area contributed by atoms with E-state index in [1.54, 1.807) is 0 Å². The van der Waals surface area contributed by atoms with Crippen molar-refractivity contribution in [2.24, 2.45) is 9.98 Å². The van der Waals surface area contributed by atoms with Crippen molar-refractivity contribution in [1.82, 2.24) is 5.32 Å². The highest BCUT2D eigenvalue weighted by Crippen LogP contribution is 2.62. The van der Waals surface area contributed by atoms with Crippen molar-refractivity contribution in [3.05, 3.63) is 215 Å². The minimum absolute atomic E-state index is 0.557. The second-order valence-corrected chi connectivity index (χ2v) is 12.9. The first-order valence-electron chi connectivity index (χ1n) is 17.0. The molecule has 1 N–H and O–H groups in total. The molecular formula is C46H31N3O. The molecule has 0 radical (unpaired) electrons. The van der Waals surface area contributed by atoms with Gasteiger partial charge in [0.15, 0.2) is 6.17 Å². The van der Waals surface area contributed by atoms with Crippen LogP contribution in [0.4, 0.5) is 0 Å². The standard InChI is InChI=1S/C46H31N3O/c1-3-16-30(17-4-1)32-20-7-8-23-35(32)44-47-43(31-18-5-2-6-19-31)48-45(49-44)36-24-15-28-40-42(36)50-41-29-14-13-27-39(41)46(40)37-25-11-9-21-33(37)34-22-10-12-26-38(34)46/h1-29,45H,(H,47,48,49). The summed E-state index contributed by atoms with van der Waals surface area (Å²) in [5.41, 5.74) is 11.9. The quantitative estimate of drug-likeness (QED) is 0.208. The zero-order valence-corrected chi connectivity index (χ0v) is 27.1. The number of aliphatic imine (C=N–C) groups is 2. The number of hydrogen-bond acceptors (Lipinski definition) is 4. The number of fused-ring (bicyclic) bond motifs is 9. The molecule has 0 saturated carbocycles. The van der Waals surface area contributed by atoms with Gasteiger partial charge in [-0.2, -0.15) is 0 Å². The van der Waals surface area contributed by atoms with Crippen LogP contribution in [0.15, 0.2) is 186 Å². The number of amidine groups is 2. The fraction of sp³-hybridized carbons (Fsp3) is 0.0435. The molecule has 4 nitrogen and oxygen atoms in total. The maximum absolute atomic E-state index is 6.99. The number of nitrogens with zero attached hydrogens (tertiary/aromatic N) is 2. The van der Waals surface area contributed by atoms with Crippen LogP contribution in [0.25, 0.3) is 22.3 Å². The predicted molar refractivity (Wildman–Crippen MR) is 201 cm³/mol. The third-order valence-electron chi connectivity index (χ3n) is 10.2. The minimum Gasteiger partial charge on any atom is -0.456 e. The predicted octanol–water partition coefficient (Wildman–Crippen LogP) is 10.3. The molecule has 2 heterocycles. The molecule has 4 heteroatoms. The summed E-state index contributed by atoms with van der Waals surface area (Å²) in [4.78, 5) is 10.7. The number of nitrogens with one attached hydrogen (secondary N) is 1. The van der Waals surface area contributed by atoms with Gasteiger partial charge in [-0.3, -0.25) is 0 Å². The van der Waals surface area contributed by atoms with Gasteiger partial charge in [0.05, 0.1) is 5.41 Å². The number of para-hydroxylation sites is 2. The number of ether oxygens (including phenoxy) is 1. The van der Waals surface area contributed by atoms with E-state index >= 15 is 0 Å². The van der Waals surface area contributed by atoms with Gasteiger partial charge in [-0.1, -0.05) is 170 Å². The van der Waals surface area contributed by atoms with Gasteiger partial charge in [0.1, 0.15) is 23.2 Å². The lowest BCUT2D eigenvalue weighted by molar-refractivity contribution is 0.426. The molecule has 10 rings (SSSR count). The van der Waals surface area contributed by atoms with Crippen molar-refractivity contribution in [3.8, 4) is 33.8 Å². The van der Waals surface area contributed by atoms with Crippen LogP contribution < -0.4 is 10.1 Å². The smallest absolute Gasteiger partial charge is 0.173 e. The second-order valence-electron chi connectivity index (χ2n) is 12.9. The highest BCUT2D eigenvalue weighted by atomic mass is 16.5. The fourth-order valence-electron chi connectivity index (χ4n) is 8.13. The topological polar surface area (TPSA) is 46.0 Å². The molecule has 7 aromatic carbocycles. The maximum atomic E-state index is 6.99. The molecule has 1 atom stereocenters. The molecule has 0 aromatic heterocycles. The molecule has 0 bridgehead atoms. The van der Waals surface area contributed by atoms with Gasteiger partial charge >= 0.3 is 0 Å². The lowest BCUT2D eigenvalue weighted by Gasteiger charge is -2.40. The third kappa shape index (κ3) is 4.18. The van der Waals surface area contributed by atoms with Gasteiger partial charge in [0, 0.05) is 27.8 Å². The Kier molecular flexibility index (Phi) is 6.43. The highest BCUT2D eigenvalue weighted by molar-refractivity contribution is 6.17. The molecule has 50 heavy (non-hydrogen) atoms. The van der Waals surface area contributed by atoms with Gasteiger partial charge in [-0.05, 0) is 39.4 Å². The van der Waals surface area contributed by atoms with Crippen LogP contribution >= 0.6 is 0 Å². The molecule has 236 valence electrons. The maximum Gasteiger partial charge on any atom is 0.173 e. The highest BCUT2D eigenvalue weighted by Gasteiger charge is 2.51. The fourth-order valence-corrected chi connectivity index (χ4v) is 8.13. The van der Waals surface area contributed by atoms with E-state index in [2.05, 4.69) is 157 Å². The van der Waals surface area contributed by atoms with Crippen LogP contribution in [-0.2, 0) is 5.41 Å². The first-order chi connectivity index (χ1) is 24.8. The molecule has 1 aliphatic carbocycles. The monoisotopic (exact) mass is 641 g/mol. The van der Waals surface area contributed by atoms with E-state index in [4.69, 9.17) is 14.7 Å². The Morgan fingerprint density at radius 2 is 0.940 bits per heavy atom. The summed E-state index contributed by atoms with van der Waals surface area (Å²) in [6, 6.07) is 61.8. The lowest BCUT2D eigenvalue weighted by atomic mass is 9.65. The van der Waals surface area contributed by atoms with Gasteiger partial charge < -0.3 is 10.1 Å². The largest absolute Gasteiger partial charge is 0.456 e. The molecule has 0 amide bonds. The van der Waals surface area contributed by atoms with Crippen molar-refractivity contribution < 1.29 is 4.74 Å². The summed E-state index contributed by atoms with van der Waals surface area (Å²) in [6.07, 6.45) is -0.561. The molecule has 3 aliphatic rings. The SMILES string of the molecule is c1ccc(C2=NC(c3cccc4c3Oc3ccccc3C43c4ccccc4-c4ccccc43)N=C(c3ccccc3-c3ccccc3)N2)cc1. The van der Waals surface area contributed by atoms with E-state index in [0.29, 0.717) is 0 Å². The number of rotatable bonds is 4. The first-order valence-corrected chi connectivity index (χ1v) is 17.0. The molecule has 0 fully saturated rings. The zero-order valence-electron chi connectivity index (χ0n) is 27.1. The van der Waals surface area contributed by atoms with E-state index in [0.717, 1.165) is 62.1 Å². The van der Waals surface area contributed by atoms with Crippen LogP contribution in [0, 0.1) is 0 Å². The second kappa shape index (κ2) is 11.3. The Labute approximate surface area is 291 Å². The van der Waals surface area contributed by atoms with Crippen LogP contribution in [0.2, 0.25) is 0 Å². The van der Waals surface area contributed by atoms with Gasteiger partial charge in [0.25, 0.3) is 0 Å². The van der Waals surface area contributed by atoms with Crippen molar-refractivity contribution in [2.45, 2.75) is 11.6 Å². The van der Waals surface area contributed by atoms with Crippen LogP contribution in [-0.4, -0.2) is 11.7 Å². The molecule has 1 unspecified atom stereocenters. The van der Waals surface area contributed by atoms with Crippen molar-refractivity contribution in [1.29, 1.82) is 0 Å². The van der Waals surface area contributed by atoms with Crippen LogP contribution in [0.1, 0.15) is 45.1 Å². The number of benzene rings is 7. The Morgan fingerprint density at radius 3 is 1.64 bits per heavy atom. The molecule has 7 aromatic rings. The summed E-state index contributed by atoms with van der Waals surface area (Å²) < 4.78 is 6.99. The van der Waals surface area contributed by atoms with Gasteiger partial charge in [0.2, 0.25) is 0 Å². The lowest BCUT2D eigenvalue weighted by Crippen LogP contribution is -2.36. The van der Waals surface area contributed by atoms with E-state index in [9.17, 15) is 0 Å². The number of hydrogen-bond donors (Lipinski definition) is 1. The Balaban J connectivity index is 1.22. The molecular weight excluding hydrogens is 611 g/mol. The average molecular weight is 642 g/mol. The van der Waals surface area contributed by atoms with Crippen LogP contribution in [0.5, 0.6) is 11.5 Å². The van der Waals surface area contributed by atoms with Crippen molar-refractivity contribution in [3.63, 3.8) is 0 Å². The summed E-state index contributed by atoms with van der Waals surface area (Å²) in [7, 11) is 0. The van der Waals surface area contributed by atoms with E-state index in [-0.39, 0.29) is 0 Å². The summed E-state index contributed by atoms with van der Waals surface area (Å²) in [5, 5.41) is 3.63. The Hall–Kier alpha value is -6.52. The first kappa shape index (κ1) is 28.5. The summed E-state index contributed by atoms with van der Waals surface area (Å²) >= 11 is 0. The van der Waals surface area contributed by atoms with Crippen molar-refractivity contribution >= 4 is 11.7 Å². The van der Waals surface area contributed by atoms with Crippen LogP contribution in [0.3, 0.4) is 0 Å². The Bertz CT molecular complexity index is 2450. The Morgan fingerprint density at radius 1 is 0.420 bits per heavy atom. The summed E-state index contributed by atoms with van der Waals surface area (Å²) in [6.45, 7) is 0. The average Bonchev–Trinajstić information content (AvgIpc) is 3.49. The summed E-state index contributed by atoms with van der Waals surface area (Å²) in [5.74, 6) is 3.19. The van der Waals surface area contributed by atoms with Crippen molar-refractivity contribution in [2.75, 3.05) is 0 Å². The van der Waals surface area contributed by atoms with Gasteiger partial charge in [-0.15, -0.1) is 0 Å². The third-order valence-corrected chi connectivity index (χ3v) is 10.2. The van der Waals surface area contributed by atoms with E-state index in [1.807, 2.05) is 24.3 Å². The molecule has 1 spiro atoms. The normalized spacial score (nSPS) is 16.1. The molecule has 0 saturated heterocycles. The minimum atomic E-state index is -0.561. The van der Waals surface area contributed by atoms with Gasteiger partial charge in [-0.25, -0.2) is 9.98 Å². The molecule has 2 aliphatic heterocycles.